The summed E-state index contributed by atoms with van der Waals surface area (Å²) in [7, 11) is 2.72. The van der Waals surface area contributed by atoms with Gasteiger partial charge in [-0.3, -0.25) is 14.6 Å². The first-order valence-corrected chi connectivity index (χ1v) is 7.79. The molecule has 9 heteroatoms. The first kappa shape index (κ1) is 20.2. The lowest BCUT2D eigenvalue weighted by molar-refractivity contribution is -0.142. The molecule has 0 saturated carbocycles. The summed E-state index contributed by atoms with van der Waals surface area (Å²) in [6.07, 6.45) is -3.91. The monoisotopic (exact) mass is 382 g/mol. The Morgan fingerprint density at radius 3 is 2.26 bits per heavy atom. The van der Waals surface area contributed by atoms with Crippen LogP contribution >= 0.6 is 0 Å². The van der Waals surface area contributed by atoms with E-state index in [-0.39, 0.29) is 12.0 Å². The third-order valence-corrected chi connectivity index (χ3v) is 3.74. The summed E-state index contributed by atoms with van der Waals surface area (Å²) in [5.74, 6) is -0.628. The van der Waals surface area contributed by atoms with Gasteiger partial charge < -0.3 is 14.8 Å². The minimum absolute atomic E-state index is 0.0635. The Kier molecular flexibility index (Phi) is 6.38. The number of rotatable bonds is 6. The molecule has 27 heavy (non-hydrogen) atoms. The molecule has 0 saturated heterocycles. The second kappa shape index (κ2) is 8.52. The van der Waals surface area contributed by atoms with Gasteiger partial charge in [-0.2, -0.15) is 13.2 Å². The third kappa shape index (κ3) is 5.44. The quantitative estimate of drug-likeness (QED) is 0.777. The predicted octanol–water partition coefficient (Wildman–Crippen LogP) is 3.14. The van der Waals surface area contributed by atoms with E-state index < -0.39 is 29.8 Å². The summed E-state index contributed by atoms with van der Waals surface area (Å²) in [5.41, 5.74) is -0.555. The molecule has 0 radical (unpaired) electrons. The maximum atomic E-state index is 12.6. The number of esters is 1. The van der Waals surface area contributed by atoms with Gasteiger partial charge in [-0.05, 0) is 29.8 Å². The van der Waals surface area contributed by atoms with Crippen LogP contribution in [0.25, 0.3) is 0 Å². The van der Waals surface area contributed by atoms with Gasteiger partial charge in [0.05, 0.1) is 32.2 Å². The van der Waals surface area contributed by atoms with Crippen LogP contribution in [0.15, 0.2) is 42.6 Å². The molecule has 1 atom stereocenters. The van der Waals surface area contributed by atoms with Gasteiger partial charge in [-0.25, -0.2) is 0 Å². The molecule has 6 nitrogen and oxygen atoms in total. The highest BCUT2D eigenvalue weighted by Crippen LogP contribution is 2.27. The van der Waals surface area contributed by atoms with Crippen molar-refractivity contribution in [1.29, 1.82) is 0 Å². The van der Waals surface area contributed by atoms with Gasteiger partial charge in [0.2, 0.25) is 0 Å². The molecule has 0 bridgehead atoms. The van der Waals surface area contributed by atoms with E-state index in [2.05, 4.69) is 15.0 Å². The molecule has 1 unspecified atom stereocenters. The Hall–Kier alpha value is -3.10. The van der Waals surface area contributed by atoms with Crippen LogP contribution in [0.3, 0.4) is 0 Å². The van der Waals surface area contributed by atoms with Crippen molar-refractivity contribution in [2.75, 3.05) is 14.2 Å². The van der Waals surface area contributed by atoms with Crippen molar-refractivity contribution in [1.82, 2.24) is 10.3 Å². The number of methoxy groups -OCH3 is 2. The highest BCUT2D eigenvalue weighted by atomic mass is 19.4. The van der Waals surface area contributed by atoms with Crippen LogP contribution in [0.2, 0.25) is 0 Å². The lowest BCUT2D eigenvalue weighted by atomic mass is 10.0. The molecular formula is C18H17F3N2O4. The van der Waals surface area contributed by atoms with Gasteiger partial charge >= 0.3 is 12.1 Å². The number of carbonyl (C=O) groups excluding carboxylic acids is 2. The highest BCUT2D eigenvalue weighted by Gasteiger charge is 2.32. The molecule has 0 aliphatic rings. The summed E-state index contributed by atoms with van der Waals surface area (Å²) in [5, 5.41) is 2.61. The summed E-state index contributed by atoms with van der Waals surface area (Å²) in [6, 6.07) is 7.65. The van der Waals surface area contributed by atoms with Gasteiger partial charge in [0.25, 0.3) is 5.91 Å². The van der Waals surface area contributed by atoms with Gasteiger partial charge in [0, 0.05) is 6.20 Å². The van der Waals surface area contributed by atoms with Crippen LogP contribution in [-0.4, -0.2) is 31.1 Å². The van der Waals surface area contributed by atoms with Crippen LogP contribution in [0.5, 0.6) is 5.75 Å². The first-order valence-electron chi connectivity index (χ1n) is 7.79. The van der Waals surface area contributed by atoms with E-state index in [1.54, 1.807) is 24.3 Å². The predicted molar refractivity (Wildman–Crippen MR) is 89.1 cm³/mol. The number of benzene rings is 1. The van der Waals surface area contributed by atoms with Crippen molar-refractivity contribution in [2.24, 2.45) is 0 Å². The molecular weight excluding hydrogens is 365 g/mol. The highest BCUT2D eigenvalue weighted by molar-refractivity contribution is 5.94. The summed E-state index contributed by atoms with van der Waals surface area (Å²) >= 11 is 0. The number of pyridine rings is 1. The van der Waals surface area contributed by atoms with E-state index in [4.69, 9.17) is 4.74 Å². The topological polar surface area (TPSA) is 77.5 Å². The minimum Gasteiger partial charge on any atom is -0.497 e. The molecule has 1 N–H and O–H groups in total. The Bertz CT molecular complexity index is 790. The van der Waals surface area contributed by atoms with Gasteiger partial charge in [-0.15, -0.1) is 0 Å². The van der Waals surface area contributed by atoms with E-state index in [1.807, 2.05) is 0 Å². The van der Waals surface area contributed by atoms with Crippen LogP contribution in [-0.2, 0) is 15.7 Å². The molecule has 1 heterocycles. The average molecular weight is 382 g/mol. The van der Waals surface area contributed by atoms with Crippen LogP contribution in [0.4, 0.5) is 13.2 Å². The van der Waals surface area contributed by atoms with Gasteiger partial charge in [0.15, 0.2) is 0 Å². The summed E-state index contributed by atoms with van der Waals surface area (Å²) in [4.78, 5) is 27.3. The molecule has 0 aliphatic heterocycles. The summed E-state index contributed by atoms with van der Waals surface area (Å²) in [6.45, 7) is 0. The normalized spacial score (nSPS) is 12.2. The number of nitrogens with zero attached hydrogens (tertiary/aromatic N) is 1. The van der Waals surface area contributed by atoms with Crippen LogP contribution < -0.4 is 10.1 Å². The molecule has 2 rings (SSSR count). The molecule has 1 aromatic carbocycles. The Labute approximate surface area is 153 Å². The largest absolute Gasteiger partial charge is 0.497 e. The number of aromatic nitrogens is 1. The first-order chi connectivity index (χ1) is 12.7. The third-order valence-electron chi connectivity index (χ3n) is 3.74. The van der Waals surface area contributed by atoms with E-state index in [0.29, 0.717) is 11.3 Å². The molecule has 0 fully saturated rings. The molecule has 2 aromatic rings. The maximum Gasteiger partial charge on any atom is 0.433 e. The fourth-order valence-corrected chi connectivity index (χ4v) is 2.28. The number of hydrogen-bond acceptors (Lipinski definition) is 5. The van der Waals surface area contributed by atoms with Crippen molar-refractivity contribution in [2.45, 2.75) is 18.6 Å². The van der Waals surface area contributed by atoms with Crippen molar-refractivity contribution in [3.05, 3.63) is 59.4 Å². The fraction of sp³-hybridized carbons (Fsp3) is 0.278. The van der Waals surface area contributed by atoms with E-state index >= 15 is 0 Å². The van der Waals surface area contributed by atoms with Gasteiger partial charge in [0.1, 0.15) is 11.4 Å². The standard InChI is InChI=1S/C18H17F3N2O4/c1-26-13-6-3-11(4-7-13)14(9-16(24)27-2)23-17(25)12-5-8-15(22-10-12)18(19,20)21/h3-8,10,14H,9H2,1-2H3,(H,23,25). The maximum absolute atomic E-state index is 12.6. The number of carbonyl (C=O) groups is 2. The second-order valence-electron chi connectivity index (χ2n) is 5.51. The smallest absolute Gasteiger partial charge is 0.433 e. The number of nitrogens with one attached hydrogen (secondary N) is 1. The number of ether oxygens (including phenoxy) is 2. The number of alkyl halides is 3. The lowest BCUT2D eigenvalue weighted by Gasteiger charge is -2.18. The summed E-state index contributed by atoms with van der Waals surface area (Å²) < 4.78 is 47.4. The zero-order chi connectivity index (χ0) is 20.0. The minimum atomic E-state index is -4.59. The van der Waals surface area contributed by atoms with Crippen LogP contribution in [0.1, 0.15) is 34.1 Å². The SMILES string of the molecule is COC(=O)CC(NC(=O)c1ccc(C(F)(F)F)nc1)c1ccc(OC)cc1. The molecule has 144 valence electrons. The van der Waals surface area contributed by atoms with Crippen molar-refractivity contribution >= 4 is 11.9 Å². The lowest BCUT2D eigenvalue weighted by Crippen LogP contribution is -2.30. The average Bonchev–Trinajstić information content (AvgIpc) is 2.66. The molecule has 0 spiro atoms. The number of amides is 1. The number of hydrogen-bond donors (Lipinski definition) is 1. The molecule has 0 aliphatic carbocycles. The van der Waals surface area contributed by atoms with Crippen molar-refractivity contribution < 1.29 is 32.2 Å². The zero-order valence-electron chi connectivity index (χ0n) is 14.5. The van der Waals surface area contributed by atoms with E-state index in [9.17, 15) is 22.8 Å². The Morgan fingerprint density at radius 1 is 1.11 bits per heavy atom. The van der Waals surface area contributed by atoms with E-state index in [1.165, 1.54) is 14.2 Å². The number of halogens is 3. The van der Waals surface area contributed by atoms with Gasteiger partial charge in [-0.1, -0.05) is 12.1 Å². The van der Waals surface area contributed by atoms with E-state index in [0.717, 1.165) is 18.3 Å². The fourth-order valence-electron chi connectivity index (χ4n) is 2.28. The Balaban J connectivity index is 2.20. The zero-order valence-corrected chi connectivity index (χ0v) is 14.5. The molecule has 1 amide bonds. The van der Waals surface area contributed by atoms with Crippen LogP contribution in [0, 0.1) is 0 Å². The molecule has 1 aromatic heterocycles. The Morgan fingerprint density at radius 2 is 1.78 bits per heavy atom. The van der Waals surface area contributed by atoms with Crippen molar-refractivity contribution in [3.63, 3.8) is 0 Å². The second-order valence-corrected chi connectivity index (χ2v) is 5.51. The van der Waals surface area contributed by atoms with Crippen molar-refractivity contribution in [3.8, 4) is 5.75 Å².